The van der Waals surface area contributed by atoms with Gasteiger partial charge in [0.15, 0.2) is 5.78 Å². The molecule has 2 aliphatic heterocycles. The quantitative estimate of drug-likeness (QED) is 0.620. The fourth-order valence-electron chi connectivity index (χ4n) is 3.99. The van der Waals surface area contributed by atoms with E-state index in [1.807, 2.05) is 13.8 Å². The van der Waals surface area contributed by atoms with Gasteiger partial charge in [0, 0.05) is 17.9 Å². The number of cyclic esters (lactones) is 2. The molecule has 1 fully saturated rings. The standard InChI is InChI=1S/C20H18O6/c1-11-12(2)26-19(23)20(11,8-17(21)13-6-7-24-9-13)16-5-3-4-14-15(16)10-25-18(14)22/h3-7,9,11-12H,8,10H2,1-2H3/t11-,12+,20-/m1/s1. The molecular weight excluding hydrogens is 336 g/mol. The molecule has 1 saturated heterocycles. The highest BCUT2D eigenvalue weighted by Gasteiger charge is 2.57. The smallest absolute Gasteiger partial charge is 0.338 e. The summed E-state index contributed by atoms with van der Waals surface area (Å²) in [6.45, 7) is 3.81. The fraction of sp³-hybridized carbons (Fsp3) is 0.350. The third-order valence-electron chi connectivity index (χ3n) is 5.65. The Hall–Kier alpha value is -2.89. The molecule has 1 aromatic heterocycles. The topological polar surface area (TPSA) is 82.8 Å². The van der Waals surface area contributed by atoms with Gasteiger partial charge in [0.25, 0.3) is 0 Å². The zero-order valence-electron chi connectivity index (χ0n) is 14.5. The van der Waals surface area contributed by atoms with Gasteiger partial charge in [0.1, 0.15) is 24.4 Å². The van der Waals surface area contributed by atoms with Crippen molar-refractivity contribution < 1.29 is 28.3 Å². The van der Waals surface area contributed by atoms with E-state index in [9.17, 15) is 14.4 Å². The number of carbonyl (C=O) groups is 3. The highest BCUT2D eigenvalue weighted by molar-refractivity contribution is 6.02. The minimum atomic E-state index is -1.16. The number of hydrogen-bond acceptors (Lipinski definition) is 6. The lowest BCUT2D eigenvalue weighted by Crippen LogP contribution is -2.41. The summed E-state index contributed by atoms with van der Waals surface area (Å²) in [5.74, 6) is -1.31. The van der Waals surface area contributed by atoms with Crippen LogP contribution in [0.25, 0.3) is 0 Å². The van der Waals surface area contributed by atoms with Crippen LogP contribution in [0.4, 0.5) is 0 Å². The van der Waals surface area contributed by atoms with Crippen LogP contribution in [-0.2, 0) is 26.3 Å². The molecule has 134 valence electrons. The number of hydrogen-bond donors (Lipinski definition) is 0. The largest absolute Gasteiger partial charge is 0.472 e. The molecular formula is C20H18O6. The minimum absolute atomic E-state index is 0.0541. The number of benzene rings is 1. The first kappa shape index (κ1) is 16.6. The summed E-state index contributed by atoms with van der Waals surface area (Å²) in [7, 11) is 0. The van der Waals surface area contributed by atoms with Gasteiger partial charge in [0.05, 0.1) is 17.4 Å². The van der Waals surface area contributed by atoms with Crippen molar-refractivity contribution in [2.24, 2.45) is 5.92 Å². The van der Waals surface area contributed by atoms with Crippen LogP contribution in [0.3, 0.4) is 0 Å². The van der Waals surface area contributed by atoms with Crippen LogP contribution in [0.1, 0.15) is 52.1 Å². The molecule has 0 N–H and O–H groups in total. The van der Waals surface area contributed by atoms with Crippen LogP contribution in [-0.4, -0.2) is 23.8 Å². The van der Waals surface area contributed by atoms with E-state index in [0.717, 1.165) is 0 Å². The molecule has 0 aliphatic carbocycles. The van der Waals surface area contributed by atoms with E-state index >= 15 is 0 Å². The molecule has 0 spiro atoms. The number of ether oxygens (including phenoxy) is 2. The Balaban J connectivity index is 1.87. The van der Waals surface area contributed by atoms with Crippen molar-refractivity contribution in [1.29, 1.82) is 0 Å². The number of Topliss-reactive ketones (excluding diaryl/α,β-unsaturated/α-hetero) is 1. The molecule has 4 rings (SSSR count). The third kappa shape index (κ3) is 2.21. The second-order valence-electron chi connectivity index (χ2n) is 6.89. The molecule has 1 aromatic carbocycles. The molecule has 0 bridgehead atoms. The van der Waals surface area contributed by atoms with Gasteiger partial charge in [-0.3, -0.25) is 9.59 Å². The Morgan fingerprint density at radius 1 is 1.23 bits per heavy atom. The number of esters is 2. The Kier molecular flexibility index (Phi) is 3.72. The zero-order valence-corrected chi connectivity index (χ0v) is 14.5. The minimum Gasteiger partial charge on any atom is -0.472 e. The van der Waals surface area contributed by atoms with Gasteiger partial charge in [-0.15, -0.1) is 0 Å². The lowest BCUT2D eigenvalue weighted by atomic mass is 9.66. The zero-order chi connectivity index (χ0) is 18.5. The third-order valence-corrected chi connectivity index (χ3v) is 5.65. The van der Waals surface area contributed by atoms with Crippen LogP contribution < -0.4 is 0 Å². The Morgan fingerprint density at radius 3 is 2.69 bits per heavy atom. The van der Waals surface area contributed by atoms with E-state index in [2.05, 4.69) is 0 Å². The van der Waals surface area contributed by atoms with Crippen LogP contribution in [0.5, 0.6) is 0 Å². The van der Waals surface area contributed by atoms with Crippen LogP contribution >= 0.6 is 0 Å². The van der Waals surface area contributed by atoms with Crippen molar-refractivity contribution in [3.63, 3.8) is 0 Å². The Morgan fingerprint density at radius 2 is 2.04 bits per heavy atom. The summed E-state index contributed by atoms with van der Waals surface area (Å²) in [6, 6.07) is 6.76. The molecule has 2 aliphatic rings. The maximum Gasteiger partial charge on any atom is 0.338 e. The number of rotatable bonds is 4. The normalized spacial score (nSPS) is 27.2. The number of carbonyl (C=O) groups excluding carboxylic acids is 3. The first-order valence-electron chi connectivity index (χ1n) is 8.51. The molecule has 0 radical (unpaired) electrons. The predicted molar refractivity (Wildman–Crippen MR) is 89.6 cm³/mol. The molecule has 6 nitrogen and oxygen atoms in total. The summed E-state index contributed by atoms with van der Waals surface area (Å²) in [4.78, 5) is 37.8. The van der Waals surface area contributed by atoms with Crippen LogP contribution in [0.15, 0.2) is 41.2 Å². The van der Waals surface area contributed by atoms with Crippen molar-refractivity contribution in [1.82, 2.24) is 0 Å². The first-order chi connectivity index (χ1) is 12.4. The lowest BCUT2D eigenvalue weighted by molar-refractivity contribution is -0.145. The SMILES string of the molecule is C[C@@H]1OC(=O)[C@@](CC(=O)c2ccoc2)(c2cccc3c2COC3=O)[C@@H]1C. The Bertz CT molecular complexity index is 897. The van der Waals surface area contributed by atoms with E-state index in [0.29, 0.717) is 22.3 Å². The van der Waals surface area contributed by atoms with Crippen LogP contribution in [0, 0.1) is 5.92 Å². The summed E-state index contributed by atoms with van der Waals surface area (Å²) in [5.41, 5.74) is 0.989. The fourth-order valence-corrected chi connectivity index (χ4v) is 3.99. The van der Waals surface area contributed by atoms with Gasteiger partial charge < -0.3 is 13.9 Å². The molecule has 0 saturated carbocycles. The van der Waals surface area contributed by atoms with E-state index in [1.165, 1.54) is 12.5 Å². The summed E-state index contributed by atoms with van der Waals surface area (Å²) in [6.07, 6.45) is 2.40. The van der Waals surface area contributed by atoms with Crippen LogP contribution in [0.2, 0.25) is 0 Å². The van der Waals surface area contributed by atoms with Gasteiger partial charge in [-0.2, -0.15) is 0 Å². The van der Waals surface area contributed by atoms with Gasteiger partial charge >= 0.3 is 11.9 Å². The maximum absolute atomic E-state index is 13.0. The van der Waals surface area contributed by atoms with Crippen molar-refractivity contribution in [3.05, 3.63) is 59.0 Å². The van der Waals surface area contributed by atoms with Gasteiger partial charge in [-0.25, -0.2) is 4.79 Å². The lowest BCUT2D eigenvalue weighted by Gasteiger charge is -2.31. The van der Waals surface area contributed by atoms with Gasteiger partial charge in [-0.05, 0) is 24.6 Å². The predicted octanol–water partition coefficient (Wildman–Crippen LogP) is 3.04. The van der Waals surface area contributed by atoms with Gasteiger partial charge in [-0.1, -0.05) is 19.1 Å². The molecule has 26 heavy (non-hydrogen) atoms. The molecule has 6 heteroatoms. The van der Waals surface area contributed by atoms with Crippen molar-refractivity contribution >= 4 is 17.7 Å². The molecule has 2 aromatic rings. The van der Waals surface area contributed by atoms with Crippen molar-refractivity contribution in [3.8, 4) is 0 Å². The Labute approximate surface area is 150 Å². The summed E-state index contributed by atoms with van der Waals surface area (Å²) >= 11 is 0. The van der Waals surface area contributed by atoms with E-state index in [1.54, 1.807) is 24.3 Å². The van der Waals surface area contributed by atoms with Crippen molar-refractivity contribution in [2.75, 3.05) is 0 Å². The molecule has 0 unspecified atom stereocenters. The highest BCUT2D eigenvalue weighted by atomic mass is 16.6. The second-order valence-corrected chi connectivity index (χ2v) is 6.89. The maximum atomic E-state index is 13.0. The molecule has 3 atom stereocenters. The summed E-state index contributed by atoms with van der Waals surface area (Å²) < 4.78 is 15.7. The average molecular weight is 354 g/mol. The molecule has 3 heterocycles. The van der Waals surface area contributed by atoms with Crippen molar-refractivity contribution in [2.45, 2.75) is 38.4 Å². The highest BCUT2D eigenvalue weighted by Crippen LogP contribution is 2.48. The second kappa shape index (κ2) is 5.83. The van der Waals surface area contributed by atoms with E-state index in [4.69, 9.17) is 13.9 Å². The number of furan rings is 1. The van der Waals surface area contributed by atoms with Gasteiger partial charge in [0.2, 0.25) is 0 Å². The number of ketones is 1. The summed E-state index contributed by atoms with van der Waals surface area (Å²) in [5, 5.41) is 0. The monoisotopic (exact) mass is 354 g/mol. The molecule has 0 amide bonds. The number of fused-ring (bicyclic) bond motifs is 1. The van der Waals surface area contributed by atoms with E-state index in [-0.39, 0.29) is 30.8 Å². The first-order valence-corrected chi connectivity index (χ1v) is 8.51. The van der Waals surface area contributed by atoms with E-state index < -0.39 is 17.4 Å². The average Bonchev–Trinajstić information content (AvgIpc) is 3.33.